The van der Waals surface area contributed by atoms with Crippen LogP contribution >= 0.6 is 15.9 Å². The lowest BCUT2D eigenvalue weighted by molar-refractivity contribution is 0.424. The molecule has 1 aromatic carbocycles. The van der Waals surface area contributed by atoms with E-state index < -0.39 is 5.82 Å². The van der Waals surface area contributed by atoms with Gasteiger partial charge in [0.2, 0.25) is 5.88 Å². The zero-order chi connectivity index (χ0) is 13.7. The summed E-state index contributed by atoms with van der Waals surface area (Å²) in [5.74, 6) is -0.0636. The van der Waals surface area contributed by atoms with E-state index in [9.17, 15) is 4.39 Å². The van der Waals surface area contributed by atoms with Gasteiger partial charge in [0.1, 0.15) is 0 Å². The predicted molar refractivity (Wildman–Crippen MR) is 73.6 cm³/mol. The third-order valence-corrected chi connectivity index (χ3v) is 2.84. The van der Waals surface area contributed by atoms with Crippen LogP contribution in [0, 0.1) is 5.82 Å². The Morgan fingerprint density at radius 2 is 2.16 bits per heavy atom. The fourth-order valence-electron chi connectivity index (χ4n) is 1.41. The molecule has 0 aliphatic carbocycles. The third kappa shape index (κ3) is 3.97. The van der Waals surface area contributed by atoms with Crippen molar-refractivity contribution in [3.8, 4) is 11.6 Å². The summed E-state index contributed by atoms with van der Waals surface area (Å²) in [5.41, 5.74) is 0.811. The van der Waals surface area contributed by atoms with Crippen LogP contribution in [0.15, 0.2) is 35.1 Å². The number of nitrogens with zero attached hydrogens (tertiary/aromatic N) is 2. The molecule has 4 nitrogen and oxygen atoms in total. The quantitative estimate of drug-likeness (QED) is 0.916. The van der Waals surface area contributed by atoms with Gasteiger partial charge in [0.15, 0.2) is 11.6 Å². The molecule has 0 saturated carbocycles. The molecule has 0 saturated heterocycles. The Kier molecular flexibility index (Phi) is 4.81. The molecule has 1 aromatic heterocycles. The minimum atomic E-state index is -0.451. The van der Waals surface area contributed by atoms with Crippen LogP contribution in [0.4, 0.5) is 4.39 Å². The molecular weight excluding hydrogens is 313 g/mol. The summed E-state index contributed by atoms with van der Waals surface area (Å²) < 4.78 is 19.6. The summed E-state index contributed by atoms with van der Waals surface area (Å²) in [6.45, 7) is 3.53. The predicted octanol–water partition coefficient (Wildman–Crippen LogP) is 3.28. The van der Waals surface area contributed by atoms with Gasteiger partial charge in [0, 0.05) is 11.0 Å². The number of aromatic nitrogens is 2. The second-order valence-electron chi connectivity index (χ2n) is 3.80. The summed E-state index contributed by atoms with van der Waals surface area (Å²) in [6, 6.07) is 4.57. The van der Waals surface area contributed by atoms with Crippen LogP contribution in [0.3, 0.4) is 0 Å². The standard InChI is InChI=1S/C13H13BrFN3O/c1-2-16-6-10-7-18-13(8-17-10)19-12-4-3-9(14)5-11(12)15/h3-5,7-8,16H,2,6H2,1H3. The van der Waals surface area contributed by atoms with Crippen molar-refractivity contribution >= 4 is 15.9 Å². The Morgan fingerprint density at radius 1 is 1.32 bits per heavy atom. The minimum Gasteiger partial charge on any atom is -0.434 e. The van der Waals surface area contributed by atoms with Crippen molar-refractivity contribution in [2.75, 3.05) is 6.54 Å². The molecule has 0 aliphatic heterocycles. The molecule has 0 fully saturated rings. The Balaban J connectivity index is 2.06. The first-order valence-corrected chi connectivity index (χ1v) is 6.63. The van der Waals surface area contributed by atoms with Gasteiger partial charge in [0.05, 0.1) is 18.1 Å². The number of nitrogens with one attached hydrogen (secondary N) is 1. The van der Waals surface area contributed by atoms with Gasteiger partial charge in [0.25, 0.3) is 0 Å². The normalized spacial score (nSPS) is 10.5. The molecule has 0 amide bonds. The first-order valence-electron chi connectivity index (χ1n) is 5.83. The number of halogens is 2. The highest BCUT2D eigenvalue weighted by molar-refractivity contribution is 9.10. The highest BCUT2D eigenvalue weighted by Crippen LogP contribution is 2.25. The highest BCUT2D eigenvalue weighted by atomic mass is 79.9. The second kappa shape index (κ2) is 6.58. The smallest absolute Gasteiger partial charge is 0.237 e. The van der Waals surface area contributed by atoms with Crippen molar-refractivity contribution in [2.24, 2.45) is 0 Å². The van der Waals surface area contributed by atoms with Crippen LogP contribution in [-0.4, -0.2) is 16.5 Å². The minimum absolute atomic E-state index is 0.122. The first-order chi connectivity index (χ1) is 9.19. The van der Waals surface area contributed by atoms with Gasteiger partial charge in [-0.1, -0.05) is 22.9 Å². The number of ether oxygens (including phenoxy) is 1. The van der Waals surface area contributed by atoms with Crippen molar-refractivity contribution in [1.29, 1.82) is 0 Å². The Morgan fingerprint density at radius 3 is 2.79 bits per heavy atom. The fourth-order valence-corrected chi connectivity index (χ4v) is 1.74. The number of rotatable bonds is 5. The topological polar surface area (TPSA) is 47.0 Å². The van der Waals surface area contributed by atoms with Crippen LogP contribution in [-0.2, 0) is 6.54 Å². The van der Waals surface area contributed by atoms with Gasteiger partial charge in [-0.05, 0) is 24.7 Å². The van der Waals surface area contributed by atoms with E-state index in [0.29, 0.717) is 11.0 Å². The van der Waals surface area contributed by atoms with E-state index >= 15 is 0 Å². The molecule has 100 valence electrons. The van der Waals surface area contributed by atoms with E-state index in [1.807, 2.05) is 6.92 Å². The van der Waals surface area contributed by atoms with Crippen LogP contribution < -0.4 is 10.1 Å². The molecule has 0 bridgehead atoms. The summed E-state index contributed by atoms with van der Waals surface area (Å²) in [5, 5.41) is 3.14. The lowest BCUT2D eigenvalue weighted by Gasteiger charge is -2.06. The molecule has 19 heavy (non-hydrogen) atoms. The molecule has 1 heterocycles. The second-order valence-corrected chi connectivity index (χ2v) is 4.72. The number of hydrogen-bond acceptors (Lipinski definition) is 4. The van der Waals surface area contributed by atoms with E-state index in [-0.39, 0.29) is 11.6 Å². The molecular formula is C13H13BrFN3O. The number of benzene rings is 1. The van der Waals surface area contributed by atoms with Crippen molar-refractivity contribution < 1.29 is 9.13 Å². The molecule has 1 N–H and O–H groups in total. The monoisotopic (exact) mass is 325 g/mol. The van der Waals surface area contributed by atoms with Crippen LogP contribution in [0.2, 0.25) is 0 Å². The fraction of sp³-hybridized carbons (Fsp3) is 0.231. The molecule has 2 aromatic rings. The number of hydrogen-bond donors (Lipinski definition) is 1. The average Bonchev–Trinajstić information content (AvgIpc) is 2.41. The molecule has 0 unspecified atom stereocenters. The average molecular weight is 326 g/mol. The van der Waals surface area contributed by atoms with Gasteiger partial charge >= 0.3 is 0 Å². The third-order valence-electron chi connectivity index (χ3n) is 2.35. The van der Waals surface area contributed by atoms with Gasteiger partial charge in [-0.3, -0.25) is 4.98 Å². The Bertz CT molecular complexity index is 548. The SMILES string of the molecule is CCNCc1cnc(Oc2ccc(Br)cc2F)cn1. The zero-order valence-electron chi connectivity index (χ0n) is 10.4. The van der Waals surface area contributed by atoms with Crippen molar-refractivity contribution in [3.63, 3.8) is 0 Å². The lowest BCUT2D eigenvalue weighted by atomic mass is 10.3. The van der Waals surface area contributed by atoms with Crippen molar-refractivity contribution in [3.05, 3.63) is 46.6 Å². The van der Waals surface area contributed by atoms with Crippen LogP contribution in [0.1, 0.15) is 12.6 Å². The zero-order valence-corrected chi connectivity index (χ0v) is 11.9. The maximum atomic E-state index is 13.6. The maximum absolute atomic E-state index is 13.6. The lowest BCUT2D eigenvalue weighted by Crippen LogP contribution is -2.13. The molecule has 2 rings (SSSR count). The van der Waals surface area contributed by atoms with Crippen molar-refractivity contribution in [1.82, 2.24) is 15.3 Å². The molecule has 0 aliphatic rings. The van der Waals surface area contributed by atoms with E-state index in [2.05, 4.69) is 31.2 Å². The van der Waals surface area contributed by atoms with E-state index in [1.165, 1.54) is 18.3 Å². The Hall–Kier alpha value is -1.53. The van der Waals surface area contributed by atoms with E-state index in [4.69, 9.17) is 4.74 Å². The summed E-state index contributed by atoms with van der Waals surface area (Å²) >= 11 is 3.18. The Labute approximate surface area is 119 Å². The highest BCUT2D eigenvalue weighted by Gasteiger charge is 2.06. The molecule has 6 heteroatoms. The summed E-state index contributed by atoms with van der Waals surface area (Å²) in [6.07, 6.45) is 3.09. The van der Waals surface area contributed by atoms with E-state index in [0.717, 1.165) is 12.2 Å². The van der Waals surface area contributed by atoms with Crippen LogP contribution in [0.25, 0.3) is 0 Å². The van der Waals surface area contributed by atoms with E-state index in [1.54, 1.807) is 12.3 Å². The van der Waals surface area contributed by atoms with Gasteiger partial charge in [-0.2, -0.15) is 0 Å². The van der Waals surface area contributed by atoms with Crippen molar-refractivity contribution in [2.45, 2.75) is 13.5 Å². The summed E-state index contributed by atoms with van der Waals surface area (Å²) in [7, 11) is 0. The van der Waals surface area contributed by atoms with Gasteiger partial charge < -0.3 is 10.1 Å². The van der Waals surface area contributed by atoms with Gasteiger partial charge in [-0.25, -0.2) is 9.37 Å². The molecule has 0 radical (unpaired) electrons. The maximum Gasteiger partial charge on any atom is 0.237 e. The molecule has 0 spiro atoms. The summed E-state index contributed by atoms with van der Waals surface area (Å²) in [4.78, 5) is 8.27. The first kappa shape index (κ1) is 13.9. The van der Waals surface area contributed by atoms with Gasteiger partial charge in [-0.15, -0.1) is 0 Å². The van der Waals surface area contributed by atoms with Crippen LogP contribution in [0.5, 0.6) is 11.6 Å². The molecule has 0 atom stereocenters. The largest absolute Gasteiger partial charge is 0.434 e.